The Kier molecular flexibility index (Phi) is 6.02. The molecule has 41 heavy (non-hydrogen) atoms. The van der Waals surface area contributed by atoms with Gasteiger partial charge in [-0.2, -0.15) is 9.97 Å². The van der Waals surface area contributed by atoms with Gasteiger partial charge in [-0.05, 0) is 86.8 Å². The summed E-state index contributed by atoms with van der Waals surface area (Å²) in [7, 11) is 0. The molecule has 0 saturated carbocycles. The number of benzene rings is 3. The predicted molar refractivity (Wildman–Crippen MR) is 160 cm³/mol. The summed E-state index contributed by atoms with van der Waals surface area (Å²) in [5.41, 5.74) is 1.12. The Bertz CT molecular complexity index is 1660. The van der Waals surface area contributed by atoms with Gasteiger partial charge in [0.1, 0.15) is 23.7 Å². The summed E-state index contributed by atoms with van der Waals surface area (Å²) in [6.45, 7) is 4.36. The Labute approximate surface area is 243 Å². The monoisotopic (exact) mass is 573 g/mol. The van der Waals surface area contributed by atoms with Crippen LogP contribution in [-0.2, 0) is 0 Å². The minimum atomic E-state index is -0.470. The van der Waals surface area contributed by atoms with Crippen molar-refractivity contribution in [3.63, 3.8) is 0 Å². The van der Waals surface area contributed by atoms with E-state index in [9.17, 15) is 5.11 Å². The zero-order valence-electron chi connectivity index (χ0n) is 22.9. The minimum absolute atomic E-state index is 0.0320. The molecule has 0 radical (unpaired) electrons. The third-order valence-corrected chi connectivity index (χ3v) is 10.1. The van der Waals surface area contributed by atoms with Crippen LogP contribution in [0.2, 0.25) is 5.02 Å². The van der Waals surface area contributed by atoms with Gasteiger partial charge in [0.25, 0.3) is 0 Å². The van der Waals surface area contributed by atoms with Crippen LogP contribution in [0.5, 0.6) is 11.8 Å². The van der Waals surface area contributed by atoms with E-state index in [1.54, 1.807) is 24.3 Å². The van der Waals surface area contributed by atoms with E-state index in [1.807, 2.05) is 18.2 Å². The quantitative estimate of drug-likeness (QED) is 0.308. The molecule has 9 heteroatoms. The lowest BCUT2D eigenvalue weighted by Gasteiger charge is -2.34. The first-order chi connectivity index (χ1) is 20.0. The largest absolute Gasteiger partial charge is 0.508 e. The van der Waals surface area contributed by atoms with E-state index in [-0.39, 0.29) is 22.8 Å². The Morgan fingerprint density at radius 1 is 1.02 bits per heavy atom. The SMILES string of the molecule is Oc1cc(-c2ccc3c(N4CC5CCC(C4)N5)nc(OCC45CCCN4CCC5)nc3c2F)c2c(Cl)cccc2c1. The third-order valence-electron chi connectivity index (χ3n) is 9.76. The van der Waals surface area contributed by atoms with Gasteiger partial charge in [0, 0.05) is 46.5 Å². The van der Waals surface area contributed by atoms with E-state index < -0.39 is 5.82 Å². The summed E-state index contributed by atoms with van der Waals surface area (Å²) in [6.07, 6.45) is 6.84. The molecule has 4 saturated heterocycles. The molecule has 1 aromatic heterocycles. The summed E-state index contributed by atoms with van der Waals surface area (Å²) in [4.78, 5) is 14.4. The van der Waals surface area contributed by atoms with Gasteiger partial charge in [0.2, 0.25) is 0 Å². The predicted octanol–water partition coefficient (Wildman–Crippen LogP) is 5.90. The van der Waals surface area contributed by atoms with E-state index in [4.69, 9.17) is 26.3 Å². The molecule has 2 bridgehead atoms. The number of hydrogen-bond donors (Lipinski definition) is 2. The molecule has 2 atom stereocenters. The van der Waals surface area contributed by atoms with Crippen LogP contribution in [0.1, 0.15) is 38.5 Å². The number of rotatable bonds is 5. The highest BCUT2D eigenvalue weighted by atomic mass is 35.5. The lowest BCUT2D eigenvalue weighted by molar-refractivity contribution is 0.108. The lowest BCUT2D eigenvalue weighted by Crippen LogP contribution is -2.51. The van der Waals surface area contributed by atoms with Gasteiger partial charge in [-0.15, -0.1) is 0 Å². The highest BCUT2D eigenvalue weighted by Crippen LogP contribution is 2.42. The van der Waals surface area contributed by atoms with Crippen LogP contribution in [0.3, 0.4) is 0 Å². The number of piperazine rings is 1. The second-order valence-electron chi connectivity index (χ2n) is 12.2. The molecule has 4 aliphatic rings. The molecule has 4 aromatic rings. The van der Waals surface area contributed by atoms with Crippen LogP contribution in [0.15, 0.2) is 42.5 Å². The van der Waals surface area contributed by atoms with Crippen molar-refractivity contribution < 1.29 is 14.2 Å². The van der Waals surface area contributed by atoms with Gasteiger partial charge in [-0.1, -0.05) is 29.8 Å². The first-order valence-electron chi connectivity index (χ1n) is 14.8. The fraction of sp³-hybridized carbons (Fsp3) is 0.438. The molecule has 0 spiro atoms. The number of halogens is 2. The number of fused-ring (bicyclic) bond motifs is 5. The molecule has 0 aliphatic carbocycles. The summed E-state index contributed by atoms with van der Waals surface area (Å²) in [6, 6.07) is 13.4. The number of aromatic hydroxyl groups is 1. The van der Waals surface area contributed by atoms with E-state index >= 15 is 4.39 Å². The summed E-state index contributed by atoms with van der Waals surface area (Å²) >= 11 is 6.60. The van der Waals surface area contributed by atoms with Crippen molar-refractivity contribution in [3.05, 3.63) is 53.3 Å². The van der Waals surface area contributed by atoms with Crippen molar-refractivity contribution in [1.29, 1.82) is 0 Å². The van der Waals surface area contributed by atoms with Gasteiger partial charge < -0.3 is 20.1 Å². The fourth-order valence-corrected chi connectivity index (χ4v) is 8.13. The van der Waals surface area contributed by atoms with Gasteiger partial charge in [0.05, 0.1) is 5.54 Å². The number of phenols is 1. The second kappa shape index (κ2) is 9.68. The zero-order chi connectivity index (χ0) is 27.7. The number of ether oxygens (including phenoxy) is 1. The van der Waals surface area contributed by atoms with Crippen LogP contribution in [0, 0.1) is 5.82 Å². The minimum Gasteiger partial charge on any atom is -0.508 e. The normalized spacial score (nSPS) is 23.5. The topological polar surface area (TPSA) is 73.8 Å². The number of nitrogens with zero attached hydrogens (tertiary/aromatic N) is 4. The van der Waals surface area contributed by atoms with Crippen molar-refractivity contribution in [1.82, 2.24) is 20.2 Å². The van der Waals surface area contributed by atoms with Crippen molar-refractivity contribution in [2.45, 2.75) is 56.1 Å². The maximum Gasteiger partial charge on any atom is 0.319 e. The number of nitrogens with one attached hydrogen (secondary N) is 1. The van der Waals surface area contributed by atoms with Gasteiger partial charge in [-0.25, -0.2) is 4.39 Å². The van der Waals surface area contributed by atoms with Crippen molar-refractivity contribution >= 4 is 39.1 Å². The molecule has 4 fully saturated rings. The molecule has 212 valence electrons. The molecule has 3 aromatic carbocycles. The maximum absolute atomic E-state index is 16.7. The van der Waals surface area contributed by atoms with E-state index in [0.717, 1.165) is 63.1 Å². The van der Waals surface area contributed by atoms with Crippen molar-refractivity contribution in [2.24, 2.45) is 0 Å². The van der Waals surface area contributed by atoms with Crippen LogP contribution in [0.25, 0.3) is 32.8 Å². The van der Waals surface area contributed by atoms with E-state index in [1.165, 1.54) is 12.8 Å². The fourth-order valence-electron chi connectivity index (χ4n) is 7.85. The summed E-state index contributed by atoms with van der Waals surface area (Å²) < 4.78 is 23.1. The van der Waals surface area contributed by atoms with Crippen LogP contribution in [0.4, 0.5) is 10.2 Å². The van der Waals surface area contributed by atoms with Gasteiger partial charge >= 0.3 is 6.01 Å². The molecular weight excluding hydrogens is 541 g/mol. The molecule has 5 heterocycles. The summed E-state index contributed by atoms with van der Waals surface area (Å²) in [5.74, 6) is 0.303. The molecule has 0 amide bonds. The van der Waals surface area contributed by atoms with Crippen molar-refractivity contribution in [2.75, 3.05) is 37.7 Å². The number of phenolic OH excluding ortho intramolecular Hbond substituents is 1. The number of anilines is 1. The Hall–Kier alpha value is -3.20. The summed E-state index contributed by atoms with van der Waals surface area (Å²) in [5, 5.41) is 16.8. The smallest absolute Gasteiger partial charge is 0.319 e. The van der Waals surface area contributed by atoms with Crippen LogP contribution in [-0.4, -0.2) is 70.4 Å². The first kappa shape index (κ1) is 25.5. The molecule has 4 aliphatic heterocycles. The van der Waals surface area contributed by atoms with Crippen LogP contribution < -0.4 is 15.0 Å². The first-order valence-corrected chi connectivity index (χ1v) is 15.2. The highest BCUT2D eigenvalue weighted by Gasteiger charge is 2.45. The second-order valence-corrected chi connectivity index (χ2v) is 12.6. The maximum atomic E-state index is 16.7. The zero-order valence-corrected chi connectivity index (χ0v) is 23.6. The highest BCUT2D eigenvalue weighted by molar-refractivity contribution is 6.36. The Balaban J connectivity index is 1.26. The standard InChI is InChI=1S/C32H33ClFN5O2/c33-26-5-1-4-19-14-22(40)15-25(27(19)26)23-8-9-24-29(28(23)34)36-31(41-18-32-10-2-12-39(32)13-3-11-32)37-30(24)38-16-20-6-7-21(17-38)35-20/h1,4-5,8-9,14-15,20-21,35,40H,2-3,6-7,10-13,16-18H2. The molecule has 2 unspecified atom stereocenters. The Morgan fingerprint density at radius 3 is 2.59 bits per heavy atom. The molecule has 7 nitrogen and oxygen atoms in total. The van der Waals surface area contributed by atoms with Gasteiger partial charge in [0.15, 0.2) is 5.82 Å². The average molecular weight is 574 g/mol. The molecule has 2 N–H and O–H groups in total. The van der Waals surface area contributed by atoms with Crippen LogP contribution >= 0.6 is 11.6 Å². The van der Waals surface area contributed by atoms with E-state index in [2.05, 4.69) is 15.1 Å². The van der Waals surface area contributed by atoms with Gasteiger partial charge in [-0.3, -0.25) is 4.90 Å². The third kappa shape index (κ3) is 4.22. The molecule has 8 rings (SSSR count). The number of aromatic nitrogens is 2. The lowest BCUT2D eigenvalue weighted by atomic mass is 9.95. The van der Waals surface area contributed by atoms with Crippen molar-refractivity contribution in [3.8, 4) is 22.9 Å². The Morgan fingerprint density at radius 2 is 1.80 bits per heavy atom. The number of hydrogen-bond acceptors (Lipinski definition) is 7. The molecular formula is C32H33ClFN5O2. The van der Waals surface area contributed by atoms with E-state index in [0.29, 0.717) is 45.6 Å². The average Bonchev–Trinajstić information content (AvgIpc) is 3.65.